The number of carbonyl (C=O) groups is 2. The van der Waals surface area contributed by atoms with E-state index in [1.54, 1.807) is 12.1 Å². The van der Waals surface area contributed by atoms with Gasteiger partial charge in [-0.1, -0.05) is 32.8 Å². The minimum absolute atomic E-state index is 0.0534. The Morgan fingerprint density at radius 2 is 1.93 bits per heavy atom. The van der Waals surface area contributed by atoms with Gasteiger partial charge in [0.25, 0.3) is 5.91 Å². The SMILES string of the molecule is CC(C)CN(CCC(=O)O)C(=O)c1cccc(S(=O)(=O)NC2CCCC2)c1. The Bertz CT molecular complexity index is 770. The van der Waals surface area contributed by atoms with Crippen LogP contribution in [0.3, 0.4) is 0 Å². The first kappa shape index (κ1) is 21.4. The Kier molecular flexibility index (Phi) is 7.38. The lowest BCUT2D eigenvalue weighted by Gasteiger charge is -2.24. The van der Waals surface area contributed by atoms with Crippen LogP contribution in [0.15, 0.2) is 29.2 Å². The van der Waals surface area contributed by atoms with Gasteiger partial charge in [-0.2, -0.15) is 0 Å². The lowest BCUT2D eigenvalue weighted by molar-refractivity contribution is -0.137. The lowest BCUT2D eigenvalue weighted by Crippen LogP contribution is -2.36. The molecule has 7 nitrogen and oxygen atoms in total. The number of hydrogen-bond acceptors (Lipinski definition) is 4. The fraction of sp³-hybridized carbons (Fsp3) is 0.579. The van der Waals surface area contributed by atoms with Crippen molar-refractivity contribution in [3.8, 4) is 0 Å². The number of carbonyl (C=O) groups excluding carboxylic acids is 1. The third-order valence-electron chi connectivity index (χ3n) is 4.54. The van der Waals surface area contributed by atoms with Crippen LogP contribution >= 0.6 is 0 Å². The van der Waals surface area contributed by atoms with E-state index in [0.29, 0.717) is 6.54 Å². The number of carboxylic acid groups (broad SMARTS) is 1. The first-order valence-corrected chi connectivity index (χ1v) is 10.8. The van der Waals surface area contributed by atoms with Crippen molar-refractivity contribution in [2.45, 2.75) is 56.9 Å². The first-order valence-electron chi connectivity index (χ1n) is 9.32. The number of nitrogens with one attached hydrogen (secondary N) is 1. The molecular weight excluding hydrogens is 368 g/mol. The van der Waals surface area contributed by atoms with E-state index in [-0.39, 0.29) is 41.3 Å². The molecule has 1 aliphatic rings. The van der Waals surface area contributed by atoms with Gasteiger partial charge >= 0.3 is 5.97 Å². The molecule has 2 N–H and O–H groups in total. The van der Waals surface area contributed by atoms with Gasteiger partial charge in [-0.05, 0) is 37.0 Å². The van der Waals surface area contributed by atoms with Gasteiger partial charge in [-0.25, -0.2) is 13.1 Å². The molecule has 0 saturated heterocycles. The van der Waals surface area contributed by atoms with Gasteiger partial charge < -0.3 is 10.0 Å². The smallest absolute Gasteiger partial charge is 0.305 e. The van der Waals surface area contributed by atoms with E-state index in [0.717, 1.165) is 25.7 Å². The number of hydrogen-bond donors (Lipinski definition) is 2. The molecule has 0 bridgehead atoms. The molecule has 1 amide bonds. The third kappa shape index (κ3) is 6.32. The Hall–Kier alpha value is -1.93. The summed E-state index contributed by atoms with van der Waals surface area (Å²) in [7, 11) is -3.69. The Morgan fingerprint density at radius 1 is 1.26 bits per heavy atom. The van der Waals surface area contributed by atoms with Gasteiger partial charge in [0, 0.05) is 24.7 Å². The number of sulfonamides is 1. The summed E-state index contributed by atoms with van der Waals surface area (Å²) in [5.41, 5.74) is 0.246. The molecule has 0 spiro atoms. The molecule has 1 saturated carbocycles. The summed E-state index contributed by atoms with van der Waals surface area (Å²) in [4.78, 5) is 25.2. The van der Waals surface area contributed by atoms with E-state index in [2.05, 4.69) is 4.72 Å². The second kappa shape index (κ2) is 9.32. The molecule has 27 heavy (non-hydrogen) atoms. The maximum Gasteiger partial charge on any atom is 0.305 e. The summed E-state index contributed by atoms with van der Waals surface area (Å²) >= 11 is 0. The van der Waals surface area contributed by atoms with Crippen LogP contribution in [0.5, 0.6) is 0 Å². The molecule has 0 radical (unpaired) electrons. The number of carboxylic acids is 1. The van der Waals surface area contributed by atoms with E-state index >= 15 is 0 Å². The van der Waals surface area contributed by atoms with Crippen molar-refractivity contribution >= 4 is 21.9 Å². The van der Waals surface area contributed by atoms with E-state index in [1.165, 1.54) is 17.0 Å². The number of benzene rings is 1. The summed E-state index contributed by atoms with van der Waals surface area (Å²) < 4.78 is 27.9. The van der Waals surface area contributed by atoms with Gasteiger partial charge in [0.05, 0.1) is 11.3 Å². The molecule has 8 heteroatoms. The van der Waals surface area contributed by atoms with E-state index < -0.39 is 16.0 Å². The molecule has 0 heterocycles. The highest BCUT2D eigenvalue weighted by Gasteiger charge is 2.24. The predicted octanol–water partition coefficient (Wildman–Crippen LogP) is 2.48. The van der Waals surface area contributed by atoms with Crippen molar-refractivity contribution in [3.63, 3.8) is 0 Å². The third-order valence-corrected chi connectivity index (χ3v) is 6.05. The highest BCUT2D eigenvalue weighted by atomic mass is 32.2. The van der Waals surface area contributed by atoms with Gasteiger partial charge in [0.2, 0.25) is 10.0 Å². The van der Waals surface area contributed by atoms with Crippen molar-refractivity contribution < 1.29 is 23.1 Å². The molecule has 0 unspecified atom stereocenters. The Labute approximate surface area is 160 Å². The Morgan fingerprint density at radius 3 is 2.52 bits per heavy atom. The van der Waals surface area contributed by atoms with Gasteiger partial charge in [0.15, 0.2) is 0 Å². The summed E-state index contributed by atoms with van der Waals surface area (Å²) in [6, 6.07) is 5.89. The van der Waals surface area contributed by atoms with Crippen molar-refractivity contribution in [2.24, 2.45) is 5.92 Å². The largest absolute Gasteiger partial charge is 0.481 e. The molecular formula is C19H28N2O5S. The maximum atomic E-state index is 12.8. The van der Waals surface area contributed by atoms with Gasteiger partial charge in [-0.15, -0.1) is 0 Å². The molecule has 0 aromatic heterocycles. The lowest BCUT2D eigenvalue weighted by atomic mass is 10.1. The van der Waals surface area contributed by atoms with Crippen LogP contribution in [0.25, 0.3) is 0 Å². The Balaban J connectivity index is 2.19. The molecule has 1 fully saturated rings. The van der Waals surface area contributed by atoms with Crippen LogP contribution < -0.4 is 4.72 Å². The molecule has 1 aromatic carbocycles. The minimum Gasteiger partial charge on any atom is -0.481 e. The van der Waals surface area contributed by atoms with Gasteiger partial charge in [-0.3, -0.25) is 9.59 Å². The van der Waals surface area contributed by atoms with E-state index in [1.807, 2.05) is 13.8 Å². The van der Waals surface area contributed by atoms with Crippen molar-refractivity contribution in [1.82, 2.24) is 9.62 Å². The van der Waals surface area contributed by atoms with Crippen molar-refractivity contribution in [3.05, 3.63) is 29.8 Å². The van der Waals surface area contributed by atoms with Crippen LogP contribution in [-0.2, 0) is 14.8 Å². The maximum absolute atomic E-state index is 12.8. The number of nitrogens with zero attached hydrogens (tertiary/aromatic N) is 1. The number of rotatable bonds is 9. The highest BCUT2D eigenvalue weighted by molar-refractivity contribution is 7.89. The monoisotopic (exact) mass is 396 g/mol. The summed E-state index contributed by atoms with van der Waals surface area (Å²) in [6.45, 7) is 4.37. The standard InChI is InChI=1S/C19H28N2O5S/c1-14(2)13-21(11-10-18(22)23)19(24)15-6-5-9-17(12-15)27(25,26)20-16-7-3-4-8-16/h5-6,9,12,14,16,20H,3-4,7-8,10-11,13H2,1-2H3,(H,22,23). The zero-order chi connectivity index (χ0) is 20.0. The topological polar surface area (TPSA) is 104 Å². The van der Waals surface area contributed by atoms with Crippen LogP contribution in [0.2, 0.25) is 0 Å². The molecule has 1 aliphatic carbocycles. The first-order chi connectivity index (χ1) is 12.7. The average Bonchev–Trinajstić information content (AvgIpc) is 3.10. The normalized spacial score (nSPS) is 15.2. The number of amides is 1. The summed E-state index contributed by atoms with van der Waals surface area (Å²) in [6.07, 6.45) is 3.53. The van der Waals surface area contributed by atoms with Crippen molar-refractivity contribution in [1.29, 1.82) is 0 Å². The van der Waals surface area contributed by atoms with Crippen molar-refractivity contribution in [2.75, 3.05) is 13.1 Å². The number of aliphatic carboxylic acids is 1. The van der Waals surface area contributed by atoms with E-state index in [9.17, 15) is 18.0 Å². The van der Waals surface area contributed by atoms with Crippen LogP contribution in [-0.4, -0.2) is 49.4 Å². The zero-order valence-electron chi connectivity index (χ0n) is 15.8. The zero-order valence-corrected chi connectivity index (χ0v) is 16.7. The molecule has 1 aromatic rings. The molecule has 150 valence electrons. The second-order valence-electron chi connectivity index (χ2n) is 7.42. The summed E-state index contributed by atoms with van der Waals surface area (Å²) in [5, 5.41) is 8.91. The fourth-order valence-corrected chi connectivity index (χ4v) is 4.61. The minimum atomic E-state index is -3.69. The fourth-order valence-electron chi connectivity index (χ4n) is 3.26. The van der Waals surface area contributed by atoms with Gasteiger partial charge in [0.1, 0.15) is 0 Å². The average molecular weight is 397 g/mol. The second-order valence-corrected chi connectivity index (χ2v) is 9.13. The quantitative estimate of drug-likeness (QED) is 0.667. The van der Waals surface area contributed by atoms with Crippen LogP contribution in [0.4, 0.5) is 0 Å². The van der Waals surface area contributed by atoms with Crippen LogP contribution in [0.1, 0.15) is 56.3 Å². The molecule has 2 rings (SSSR count). The predicted molar refractivity (Wildman–Crippen MR) is 102 cm³/mol. The van der Waals surface area contributed by atoms with E-state index in [4.69, 9.17) is 5.11 Å². The summed E-state index contributed by atoms with van der Waals surface area (Å²) in [5.74, 6) is -1.17. The molecule has 0 aliphatic heterocycles. The molecule has 0 atom stereocenters. The highest BCUT2D eigenvalue weighted by Crippen LogP contribution is 2.21. The van der Waals surface area contributed by atoms with Crippen LogP contribution in [0, 0.1) is 5.92 Å².